The van der Waals surface area contributed by atoms with E-state index in [1.807, 2.05) is 6.08 Å². The van der Waals surface area contributed by atoms with Crippen LogP contribution in [0, 0.1) is 35.0 Å². The number of ketones is 1. The first kappa shape index (κ1) is 25.6. The van der Waals surface area contributed by atoms with Gasteiger partial charge in [0.2, 0.25) is 0 Å². The summed E-state index contributed by atoms with van der Waals surface area (Å²) < 4.78 is 14.8. The fourth-order valence-corrected chi connectivity index (χ4v) is 10.1. The Balaban J connectivity index is 1.95. The minimum atomic E-state index is -2.01. The van der Waals surface area contributed by atoms with Crippen LogP contribution in [0.15, 0.2) is 23.3 Å². The number of carbonyl (C=O) groups is 1. The van der Waals surface area contributed by atoms with Crippen LogP contribution < -0.4 is 0 Å². The van der Waals surface area contributed by atoms with E-state index in [0.717, 1.165) is 0 Å². The van der Waals surface area contributed by atoms with Crippen molar-refractivity contribution in [2.45, 2.75) is 111 Å². The highest BCUT2D eigenvalue weighted by atomic mass is 28.4. The van der Waals surface area contributed by atoms with Crippen LogP contribution in [0.4, 0.5) is 0 Å². The molecule has 7 atom stereocenters. The average molecular weight is 489 g/mol. The fourth-order valence-electron chi connectivity index (χ4n) is 7.26. The standard InChI is InChI=1S/C28H48O3Si2/c1-17-13-19-15-20(29)16-21(19)28(31-32(8,9)10)18(2)14-22-23(27(22,6)7)24(28)25(17)30-33(11,12)26(3,4)5/h13,16-18,22-25H,14-15H2,1-12H3/t17-,18-,22?,23-,24-,25-,28+/m1/s1. The molecule has 0 heterocycles. The van der Waals surface area contributed by atoms with Crippen LogP contribution in [0.5, 0.6) is 0 Å². The Bertz CT molecular complexity index is 901. The summed E-state index contributed by atoms with van der Waals surface area (Å²) in [5.41, 5.74) is 2.31. The Kier molecular flexibility index (Phi) is 5.82. The van der Waals surface area contributed by atoms with Crippen molar-refractivity contribution in [3.63, 3.8) is 0 Å². The summed E-state index contributed by atoms with van der Waals surface area (Å²) in [4.78, 5) is 12.8. The Hall–Kier alpha value is -0.496. The van der Waals surface area contributed by atoms with Gasteiger partial charge in [0, 0.05) is 12.3 Å². The van der Waals surface area contributed by atoms with Crippen molar-refractivity contribution in [1.29, 1.82) is 0 Å². The zero-order valence-electron chi connectivity index (χ0n) is 23.3. The van der Waals surface area contributed by atoms with Gasteiger partial charge in [-0.25, -0.2) is 0 Å². The van der Waals surface area contributed by atoms with Gasteiger partial charge in [-0.2, -0.15) is 0 Å². The molecule has 4 aliphatic carbocycles. The van der Waals surface area contributed by atoms with Crippen LogP contribution in [0.25, 0.3) is 0 Å². The maximum absolute atomic E-state index is 12.8. The molecule has 0 spiro atoms. The SMILES string of the molecule is C[C@@H]1C=C2CC(=O)C=C2[C@]2(O[Si](C)(C)C)[C@@H]([C@@H]1O[Si](C)(C)C(C)(C)C)[C@H]1C(C[C@H]2C)C1(C)C. The lowest BCUT2D eigenvalue weighted by molar-refractivity contribution is -0.114. The van der Waals surface area contributed by atoms with Gasteiger partial charge < -0.3 is 8.85 Å². The van der Waals surface area contributed by atoms with E-state index in [4.69, 9.17) is 8.85 Å². The number of fused-ring (bicyclic) bond motifs is 5. The highest BCUT2D eigenvalue weighted by Gasteiger charge is 2.73. The van der Waals surface area contributed by atoms with Crippen molar-refractivity contribution in [2.75, 3.05) is 0 Å². The van der Waals surface area contributed by atoms with Gasteiger partial charge in [-0.05, 0) is 90.5 Å². The Labute approximate surface area is 205 Å². The van der Waals surface area contributed by atoms with Gasteiger partial charge in [0.25, 0.3) is 0 Å². The summed E-state index contributed by atoms with van der Waals surface area (Å²) in [5, 5.41) is 0.151. The highest BCUT2D eigenvalue weighted by Crippen LogP contribution is 2.74. The summed E-state index contributed by atoms with van der Waals surface area (Å²) in [6, 6.07) is 0. The Morgan fingerprint density at radius 3 is 2.18 bits per heavy atom. The monoisotopic (exact) mass is 488 g/mol. The van der Waals surface area contributed by atoms with E-state index < -0.39 is 22.2 Å². The summed E-state index contributed by atoms with van der Waals surface area (Å²) in [7, 11) is -3.95. The molecule has 0 saturated heterocycles. The van der Waals surface area contributed by atoms with Gasteiger partial charge in [0.15, 0.2) is 22.4 Å². The van der Waals surface area contributed by atoms with Crippen molar-refractivity contribution < 1.29 is 13.6 Å². The maximum atomic E-state index is 12.8. The molecule has 33 heavy (non-hydrogen) atoms. The second-order valence-electron chi connectivity index (χ2n) is 14.7. The van der Waals surface area contributed by atoms with E-state index in [9.17, 15) is 4.79 Å². The van der Waals surface area contributed by atoms with E-state index in [2.05, 4.69) is 87.3 Å². The lowest BCUT2D eigenvalue weighted by Crippen LogP contribution is -2.61. The molecule has 5 heteroatoms. The number of allylic oxidation sites excluding steroid dienone is 1. The normalized spacial score (nSPS) is 40.3. The molecule has 0 bridgehead atoms. The molecule has 2 saturated carbocycles. The zero-order valence-corrected chi connectivity index (χ0v) is 25.3. The van der Waals surface area contributed by atoms with Gasteiger partial charge in [0.05, 0.1) is 11.7 Å². The summed E-state index contributed by atoms with van der Waals surface area (Å²) in [6.07, 6.45) is 6.18. The van der Waals surface area contributed by atoms with Crippen molar-refractivity contribution >= 4 is 22.4 Å². The molecule has 4 aliphatic rings. The summed E-state index contributed by atoms with van der Waals surface area (Å²) in [5.74, 6) is 2.45. The Morgan fingerprint density at radius 2 is 1.64 bits per heavy atom. The minimum absolute atomic E-state index is 0.119. The molecule has 2 fully saturated rings. The van der Waals surface area contributed by atoms with Gasteiger partial charge in [0.1, 0.15) is 0 Å². The van der Waals surface area contributed by atoms with Gasteiger partial charge in [-0.1, -0.05) is 54.5 Å². The van der Waals surface area contributed by atoms with E-state index in [0.29, 0.717) is 29.6 Å². The van der Waals surface area contributed by atoms with Crippen LogP contribution in [0.2, 0.25) is 37.8 Å². The number of hydrogen-bond acceptors (Lipinski definition) is 3. The van der Waals surface area contributed by atoms with E-state index >= 15 is 0 Å². The Morgan fingerprint density at radius 1 is 1.03 bits per heavy atom. The first-order chi connectivity index (χ1) is 14.8. The molecule has 0 aromatic heterocycles. The molecule has 1 unspecified atom stereocenters. The van der Waals surface area contributed by atoms with Gasteiger partial charge in [-0.15, -0.1) is 0 Å². The number of rotatable bonds is 4. The molecule has 186 valence electrons. The third kappa shape index (κ3) is 3.93. The van der Waals surface area contributed by atoms with Gasteiger partial charge in [-0.3, -0.25) is 4.79 Å². The highest BCUT2D eigenvalue weighted by molar-refractivity contribution is 6.74. The average Bonchev–Trinajstić information content (AvgIpc) is 2.98. The lowest BCUT2D eigenvalue weighted by atomic mass is 9.62. The predicted molar refractivity (Wildman–Crippen MR) is 142 cm³/mol. The quantitative estimate of drug-likeness (QED) is 0.387. The molecule has 0 aromatic carbocycles. The predicted octanol–water partition coefficient (Wildman–Crippen LogP) is 7.37. The lowest BCUT2D eigenvalue weighted by Gasteiger charge is -2.55. The number of carbonyl (C=O) groups excluding carboxylic acids is 1. The second-order valence-corrected chi connectivity index (χ2v) is 23.9. The number of hydrogen-bond donors (Lipinski definition) is 0. The van der Waals surface area contributed by atoms with Crippen LogP contribution in [0.3, 0.4) is 0 Å². The molecule has 0 aliphatic heterocycles. The van der Waals surface area contributed by atoms with Crippen LogP contribution in [-0.4, -0.2) is 34.1 Å². The smallest absolute Gasteiger partial charge is 0.192 e. The van der Waals surface area contributed by atoms with Crippen molar-refractivity contribution in [3.05, 3.63) is 23.3 Å². The third-order valence-electron chi connectivity index (χ3n) is 9.85. The summed E-state index contributed by atoms with van der Waals surface area (Å²) >= 11 is 0. The van der Waals surface area contributed by atoms with Crippen LogP contribution in [0.1, 0.15) is 61.3 Å². The molecule has 0 amide bonds. The van der Waals surface area contributed by atoms with Crippen molar-refractivity contribution in [2.24, 2.45) is 35.0 Å². The molecule has 3 nitrogen and oxygen atoms in total. The minimum Gasteiger partial charge on any atom is -0.413 e. The second kappa shape index (κ2) is 7.50. The van der Waals surface area contributed by atoms with E-state index in [1.54, 1.807) is 0 Å². The molecule has 0 aromatic rings. The topological polar surface area (TPSA) is 35.5 Å². The molecular formula is C28H48O3Si2. The third-order valence-corrected chi connectivity index (χ3v) is 15.3. The summed E-state index contributed by atoms with van der Waals surface area (Å²) in [6.45, 7) is 28.4. The van der Waals surface area contributed by atoms with E-state index in [-0.39, 0.29) is 28.8 Å². The molecule has 4 rings (SSSR count). The first-order valence-corrected chi connectivity index (χ1v) is 19.5. The van der Waals surface area contributed by atoms with Crippen molar-refractivity contribution in [3.8, 4) is 0 Å². The zero-order chi connectivity index (χ0) is 24.9. The molecule has 0 N–H and O–H groups in total. The largest absolute Gasteiger partial charge is 0.413 e. The molecule has 0 radical (unpaired) electrons. The van der Waals surface area contributed by atoms with Crippen molar-refractivity contribution in [1.82, 2.24) is 0 Å². The van der Waals surface area contributed by atoms with Gasteiger partial charge >= 0.3 is 0 Å². The fraction of sp³-hybridized carbons (Fsp3) is 0.821. The first-order valence-electron chi connectivity index (χ1n) is 13.2. The maximum Gasteiger partial charge on any atom is 0.192 e. The van der Waals surface area contributed by atoms with E-state index in [1.165, 1.54) is 17.6 Å². The molecular weight excluding hydrogens is 440 g/mol. The van der Waals surface area contributed by atoms with Crippen LogP contribution >= 0.6 is 0 Å². The van der Waals surface area contributed by atoms with Crippen LogP contribution in [-0.2, 0) is 13.6 Å².